The highest BCUT2D eigenvalue weighted by atomic mass is 35.5. The molecule has 1 aliphatic rings. The Hall–Kier alpha value is -3.38. The van der Waals surface area contributed by atoms with Gasteiger partial charge in [0.15, 0.2) is 15.7 Å². The highest BCUT2D eigenvalue weighted by molar-refractivity contribution is 7.93. The summed E-state index contributed by atoms with van der Waals surface area (Å²) in [6.45, 7) is 3.49. The molecule has 1 fully saturated rings. The Morgan fingerprint density at radius 1 is 1.26 bits per heavy atom. The molecule has 180 valence electrons. The molecule has 1 saturated heterocycles. The topological polar surface area (TPSA) is 149 Å². The fourth-order valence-electron chi connectivity index (χ4n) is 4.07. The molecule has 2 aromatic heterocycles. The first-order valence-corrected chi connectivity index (χ1v) is 12.8. The number of halogens is 1. The van der Waals surface area contributed by atoms with E-state index >= 15 is 0 Å². The van der Waals surface area contributed by atoms with Crippen LogP contribution in [-0.2, 0) is 9.84 Å². The lowest BCUT2D eigenvalue weighted by atomic mass is 9.98. The molecule has 35 heavy (non-hydrogen) atoms. The van der Waals surface area contributed by atoms with Gasteiger partial charge in [-0.1, -0.05) is 18.5 Å². The van der Waals surface area contributed by atoms with Crippen molar-refractivity contribution >= 4 is 58.1 Å². The van der Waals surface area contributed by atoms with E-state index in [1.54, 1.807) is 32.0 Å². The summed E-state index contributed by atoms with van der Waals surface area (Å²) in [6.07, 6.45) is 1.93. The Kier molecular flexibility index (Phi) is 6.37. The van der Waals surface area contributed by atoms with Crippen molar-refractivity contribution in [3.63, 3.8) is 0 Å². The third-order valence-electron chi connectivity index (χ3n) is 5.79. The fraction of sp³-hybridized carbons (Fsp3) is 0.273. The molecule has 4 rings (SSSR count). The van der Waals surface area contributed by atoms with Crippen LogP contribution in [0.1, 0.15) is 39.8 Å². The van der Waals surface area contributed by atoms with E-state index in [1.807, 2.05) is 0 Å². The van der Waals surface area contributed by atoms with Crippen LogP contribution in [0.2, 0.25) is 5.02 Å². The maximum atomic E-state index is 13.3. The van der Waals surface area contributed by atoms with E-state index in [-0.39, 0.29) is 44.9 Å². The average molecular weight is 513 g/mol. The molecule has 1 aromatic carbocycles. The van der Waals surface area contributed by atoms with Gasteiger partial charge in [-0.25, -0.2) is 18.1 Å². The number of pyridine rings is 1. The van der Waals surface area contributed by atoms with Crippen molar-refractivity contribution in [2.45, 2.75) is 25.8 Å². The SMILES string of the molecule is [B]c1cc(C(=O)Nc2c(C)cc(N)cc2C(=O)NC2(CC)CS(=O)(=O)C2)n(-c2ncccc2Cl)n1. The molecule has 2 radical (unpaired) electrons. The van der Waals surface area contributed by atoms with Crippen molar-refractivity contribution in [2.75, 3.05) is 22.6 Å². The second-order valence-electron chi connectivity index (χ2n) is 8.51. The zero-order chi connectivity index (χ0) is 25.5. The second-order valence-corrected chi connectivity index (χ2v) is 11.0. The van der Waals surface area contributed by atoms with E-state index in [0.717, 1.165) is 0 Å². The first-order valence-electron chi connectivity index (χ1n) is 10.6. The van der Waals surface area contributed by atoms with Crippen LogP contribution in [0.4, 0.5) is 11.4 Å². The number of carbonyl (C=O) groups is 2. The van der Waals surface area contributed by atoms with Gasteiger partial charge in [-0.3, -0.25) is 9.59 Å². The van der Waals surface area contributed by atoms with Crippen LogP contribution < -0.4 is 22.0 Å². The molecule has 0 aliphatic carbocycles. The molecule has 0 atom stereocenters. The zero-order valence-electron chi connectivity index (χ0n) is 19.0. The number of sulfone groups is 1. The standard InChI is InChI=1S/C22H22BClN6O4S/c1-3-22(10-35(33,34)11-22)28-20(31)14-8-13(25)7-12(2)18(14)27-21(32)16-9-17(23)29-30(16)19-15(24)5-4-6-26-19/h4-9H,3,10-11,25H2,1-2H3,(H,27,32)(H,28,31). The van der Waals surface area contributed by atoms with Crippen molar-refractivity contribution in [3.05, 3.63) is 58.4 Å². The largest absolute Gasteiger partial charge is 0.399 e. The Bertz CT molecular complexity index is 1440. The highest BCUT2D eigenvalue weighted by Crippen LogP contribution is 2.30. The quantitative estimate of drug-likeness (QED) is 0.331. The lowest BCUT2D eigenvalue weighted by molar-refractivity contribution is 0.0909. The summed E-state index contributed by atoms with van der Waals surface area (Å²) in [5.41, 5.74) is 6.38. The lowest BCUT2D eigenvalue weighted by Crippen LogP contribution is -2.65. The predicted octanol–water partition coefficient (Wildman–Crippen LogP) is 1.16. The summed E-state index contributed by atoms with van der Waals surface area (Å²) in [5.74, 6) is -1.25. The minimum Gasteiger partial charge on any atom is -0.399 e. The molecule has 2 amide bonds. The van der Waals surface area contributed by atoms with Gasteiger partial charge in [0.2, 0.25) is 0 Å². The fourth-order valence-corrected chi connectivity index (χ4v) is 6.42. The van der Waals surface area contributed by atoms with E-state index in [9.17, 15) is 18.0 Å². The maximum absolute atomic E-state index is 13.3. The number of anilines is 2. The van der Waals surface area contributed by atoms with Crippen molar-refractivity contribution in [1.29, 1.82) is 0 Å². The number of benzene rings is 1. The Morgan fingerprint density at radius 2 is 1.97 bits per heavy atom. The van der Waals surface area contributed by atoms with Crippen molar-refractivity contribution in [1.82, 2.24) is 20.1 Å². The molecule has 0 unspecified atom stereocenters. The third kappa shape index (κ3) is 4.89. The Balaban J connectivity index is 1.68. The summed E-state index contributed by atoms with van der Waals surface area (Å²) in [4.78, 5) is 30.7. The number of hydrogen-bond donors (Lipinski definition) is 3. The molecule has 3 heterocycles. The minimum atomic E-state index is -3.19. The predicted molar refractivity (Wildman–Crippen MR) is 134 cm³/mol. The van der Waals surface area contributed by atoms with Crippen molar-refractivity contribution in [2.24, 2.45) is 0 Å². The number of nitrogens with two attached hydrogens (primary N) is 1. The van der Waals surface area contributed by atoms with Gasteiger partial charge in [0.25, 0.3) is 11.8 Å². The summed E-state index contributed by atoms with van der Waals surface area (Å²) >= 11 is 6.22. The average Bonchev–Trinajstić information content (AvgIpc) is 3.15. The molecular weight excluding hydrogens is 491 g/mol. The summed E-state index contributed by atoms with van der Waals surface area (Å²) in [5, 5.41) is 9.94. The van der Waals surface area contributed by atoms with Crippen LogP contribution >= 0.6 is 11.6 Å². The zero-order valence-corrected chi connectivity index (χ0v) is 20.6. The van der Waals surface area contributed by atoms with E-state index in [0.29, 0.717) is 17.7 Å². The van der Waals surface area contributed by atoms with Gasteiger partial charge in [-0.05, 0) is 49.2 Å². The number of nitrogen functional groups attached to an aromatic ring is 1. The van der Waals surface area contributed by atoms with Gasteiger partial charge in [0.1, 0.15) is 13.5 Å². The van der Waals surface area contributed by atoms with Crippen molar-refractivity contribution < 1.29 is 18.0 Å². The Labute approximate surface area is 208 Å². The van der Waals surface area contributed by atoms with Gasteiger partial charge in [-0.15, -0.1) is 0 Å². The molecule has 0 saturated carbocycles. The normalized spacial score (nSPS) is 15.7. The smallest absolute Gasteiger partial charge is 0.274 e. The van der Waals surface area contributed by atoms with E-state index < -0.39 is 27.2 Å². The second kappa shape index (κ2) is 9.01. The van der Waals surface area contributed by atoms with Gasteiger partial charge in [0, 0.05) is 17.5 Å². The van der Waals surface area contributed by atoms with Crippen LogP contribution in [0, 0.1) is 6.92 Å². The van der Waals surface area contributed by atoms with Gasteiger partial charge >= 0.3 is 0 Å². The first kappa shape index (κ1) is 24.7. The van der Waals surface area contributed by atoms with Gasteiger partial charge < -0.3 is 16.4 Å². The molecule has 1 aliphatic heterocycles. The molecule has 13 heteroatoms. The molecule has 0 bridgehead atoms. The van der Waals surface area contributed by atoms with Gasteiger partial charge in [0.05, 0.1) is 33.3 Å². The van der Waals surface area contributed by atoms with Crippen LogP contribution in [0.15, 0.2) is 36.5 Å². The van der Waals surface area contributed by atoms with Crippen molar-refractivity contribution in [3.8, 4) is 5.82 Å². The highest BCUT2D eigenvalue weighted by Gasteiger charge is 2.48. The monoisotopic (exact) mass is 512 g/mol. The van der Waals surface area contributed by atoms with Crippen LogP contribution in [0.25, 0.3) is 5.82 Å². The number of carbonyl (C=O) groups excluding carboxylic acids is 2. The number of nitrogens with zero attached hydrogens (tertiary/aromatic N) is 3. The number of nitrogens with one attached hydrogen (secondary N) is 2. The number of rotatable bonds is 6. The van der Waals surface area contributed by atoms with E-state index in [4.69, 9.17) is 25.2 Å². The van der Waals surface area contributed by atoms with Crippen LogP contribution in [0.5, 0.6) is 0 Å². The molecular formula is C22H22BClN6O4S. The third-order valence-corrected chi connectivity index (χ3v) is 8.07. The van der Waals surface area contributed by atoms with E-state index in [2.05, 4.69) is 20.7 Å². The summed E-state index contributed by atoms with van der Waals surface area (Å²) < 4.78 is 24.8. The number of hydrogen-bond acceptors (Lipinski definition) is 7. The molecule has 3 aromatic rings. The lowest BCUT2D eigenvalue weighted by Gasteiger charge is -2.41. The summed E-state index contributed by atoms with van der Waals surface area (Å²) in [6, 6.07) is 7.63. The first-order chi connectivity index (χ1) is 16.4. The maximum Gasteiger partial charge on any atom is 0.274 e. The van der Waals surface area contributed by atoms with Crippen LogP contribution in [0.3, 0.4) is 0 Å². The molecule has 10 nitrogen and oxygen atoms in total. The minimum absolute atomic E-state index is 0.0424. The number of aromatic nitrogens is 3. The van der Waals surface area contributed by atoms with Gasteiger partial charge in [-0.2, -0.15) is 5.10 Å². The number of amides is 2. The van der Waals surface area contributed by atoms with Crippen LogP contribution in [-0.4, -0.2) is 59.9 Å². The summed E-state index contributed by atoms with van der Waals surface area (Å²) in [7, 11) is 2.65. The molecule has 0 spiro atoms. The molecule has 4 N–H and O–H groups in total. The Morgan fingerprint density at radius 3 is 2.60 bits per heavy atom. The van der Waals surface area contributed by atoms with E-state index in [1.165, 1.54) is 23.0 Å². The number of aryl methyl sites for hydroxylation is 1.